The van der Waals surface area contributed by atoms with Gasteiger partial charge in [0.2, 0.25) is 5.78 Å². The Morgan fingerprint density at radius 2 is 2.15 bits per heavy atom. The van der Waals surface area contributed by atoms with Crippen LogP contribution in [0.5, 0.6) is 5.88 Å². The predicted molar refractivity (Wildman–Crippen MR) is 93.6 cm³/mol. The van der Waals surface area contributed by atoms with E-state index >= 15 is 0 Å². The number of carbonyl (C=O) groups is 2. The number of allylic oxidation sites excluding steroid dienone is 1. The van der Waals surface area contributed by atoms with Crippen LogP contribution in [0.4, 0.5) is 0 Å². The zero-order valence-electron chi connectivity index (χ0n) is 15.3. The minimum atomic E-state index is -2.11. The van der Waals surface area contributed by atoms with Crippen LogP contribution in [0.25, 0.3) is 0 Å². The molecule has 1 unspecified atom stereocenters. The van der Waals surface area contributed by atoms with Crippen LogP contribution >= 0.6 is 0 Å². The number of ether oxygens (including phenoxy) is 2. The molecule has 3 atom stereocenters. The summed E-state index contributed by atoms with van der Waals surface area (Å²) in [6.07, 6.45) is 5.14. The smallest absolute Gasteiger partial charge is 0.265 e. The number of rotatable bonds is 5. The molecular formula is C19H24N2O6. The van der Waals surface area contributed by atoms with Gasteiger partial charge >= 0.3 is 0 Å². The molecule has 2 heterocycles. The second-order valence-corrected chi connectivity index (χ2v) is 7.23. The van der Waals surface area contributed by atoms with Gasteiger partial charge in [-0.1, -0.05) is 19.4 Å². The second-order valence-electron chi connectivity index (χ2n) is 7.23. The van der Waals surface area contributed by atoms with Crippen LogP contribution in [-0.4, -0.2) is 65.2 Å². The molecule has 1 saturated heterocycles. The number of hydrogen-bond donors (Lipinski definition) is 1. The van der Waals surface area contributed by atoms with Crippen LogP contribution in [0, 0.1) is 5.92 Å². The molecular weight excluding hydrogens is 352 g/mol. The second kappa shape index (κ2) is 7.18. The maximum atomic E-state index is 13.2. The first kappa shape index (κ1) is 18.3. The molecule has 0 spiro atoms. The van der Waals surface area contributed by atoms with Crippen molar-refractivity contribution in [3.8, 4) is 5.88 Å². The Hall–Kier alpha value is -2.03. The molecule has 0 bridgehead atoms. The first-order valence-corrected chi connectivity index (χ1v) is 9.51. The van der Waals surface area contributed by atoms with Gasteiger partial charge in [-0.25, -0.2) is 0 Å². The molecule has 27 heavy (non-hydrogen) atoms. The maximum Gasteiger partial charge on any atom is 0.265 e. The van der Waals surface area contributed by atoms with E-state index in [1.54, 1.807) is 6.08 Å². The van der Waals surface area contributed by atoms with E-state index in [1.807, 2.05) is 6.92 Å². The Kier molecular flexibility index (Phi) is 4.88. The molecule has 0 aromatic carbocycles. The lowest BCUT2D eigenvalue weighted by molar-refractivity contribution is -0.139. The number of ketones is 2. The summed E-state index contributed by atoms with van der Waals surface area (Å²) in [5.74, 6) is -1.44. The molecule has 1 N–H and O–H groups in total. The molecule has 0 amide bonds. The summed E-state index contributed by atoms with van der Waals surface area (Å²) in [4.78, 5) is 27.9. The number of Topliss-reactive ketones (excluding diaryl/α,β-unsaturated/α-hetero) is 1. The summed E-state index contributed by atoms with van der Waals surface area (Å²) in [6, 6.07) is -0.434. The summed E-state index contributed by atoms with van der Waals surface area (Å²) in [5.41, 5.74) is -2.01. The average molecular weight is 376 g/mol. The summed E-state index contributed by atoms with van der Waals surface area (Å²) < 4.78 is 16.6. The zero-order valence-corrected chi connectivity index (χ0v) is 15.3. The van der Waals surface area contributed by atoms with Gasteiger partial charge in [0.1, 0.15) is 5.56 Å². The average Bonchev–Trinajstić information content (AvgIpc) is 3.09. The van der Waals surface area contributed by atoms with Gasteiger partial charge in [-0.05, 0) is 24.1 Å². The fourth-order valence-corrected chi connectivity index (χ4v) is 4.20. The van der Waals surface area contributed by atoms with Crippen molar-refractivity contribution in [3.63, 3.8) is 0 Å². The van der Waals surface area contributed by atoms with Crippen LogP contribution in [0.1, 0.15) is 48.3 Å². The SMILES string of the molecule is CCCCOc1noc2c1C(=O)[C@@]1(O)C(=O)C=CCC1[C@@H]2N1CCOCC1. The van der Waals surface area contributed by atoms with E-state index < -0.39 is 29.1 Å². The van der Waals surface area contributed by atoms with Gasteiger partial charge in [0.25, 0.3) is 5.88 Å². The van der Waals surface area contributed by atoms with Gasteiger partial charge in [-0.2, -0.15) is 0 Å². The third-order valence-corrected chi connectivity index (χ3v) is 5.66. The Morgan fingerprint density at radius 1 is 1.37 bits per heavy atom. The predicted octanol–water partition coefficient (Wildman–Crippen LogP) is 1.30. The standard InChI is InChI=1S/C19H24N2O6/c1-2-3-9-26-18-14-16(27-20-18)15(21-7-10-25-11-8-21)12-5-4-6-13(22)19(12,24)17(14)23/h4,6,12,15,24H,2-3,5,7-11H2,1H3/t12?,15-,19-/m0/s1. The Morgan fingerprint density at radius 3 is 2.89 bits per heavy atom. The molecule has 3 aliphatic rings. The molecule has 8 heteroatoms. The molecule has 1 aliphatic heterocycles. The van der Waals surface area contributed by atoms with Crippen LogP contribution in [-0.2, 0) is 9.53 Å². The van der Waals surface area contributed by atoms with Crippen molar-refractivity contribution >= 4 is 11.6 Å². The molecule has 0 radical (unpaired) electrons. The number of fused-ring (bicyclic) bond motifs is 2. The van der Waals surface area contributed by atoms with E-state index in [0.717, 1.165) is 12.8 Å². The Bertz CT molecular complexity index is 766. The highest BCUT2D eigenvalue weighted by atomic mass is 16.5. The fraction of sp³-hybridized carbons (Fsp3) is 0.632. The maximum absolute atomic E-state index is 13.2. The number of aromatic nitrogens is 1. The molecule has 1 aromatic rings. The van der Waals surface area contributed by atoms with Gasteiger partial charge in [-0.15, -0.1) is 0 Å². The third kappa shape index (κ3) is 2.83. The summed E-state index contributed by atoms with van der Waals surface area (Å²) in [5, 5.41) is 15.2. The van der Waals surface area contributed by atoms with Crippen molar-refractivity contribution in [1.82, 2.24) is 10.1 Å². The quantitative estimate of drug-likeness (QED) is 0.606. The topological polar surface area (TPSA) is 102 Å². The molecule has 8 nitrogen and oxygen atoms in total. The first-order valence-electron chi connectivity index (χ1n) is 9.51. The number of hydrogen-bond acceptors (Lipinski definition) is 8. The van der Waals surface area contributed by atoms with Crippen LogP contribution in [0.15, 0.2) is 16.7 Å². The van der Waals surface area contributed by atoms with Gasteiger partial charge < -0.3 is 19.1 Å². The van der Waals surface area contributed by atoms with E-state index in [-0.39, 0.29) is 11.4 Å². The normalized spacial score (nSPS) is 30.9. The van der Waals surface area contributed by atoms with Crippen LogP contribution in [0.3, 0.4) is 0 Å². The van der Waals surface area contributed by atoms with E-state index in [1.165, 1.54) is 6.08 Å². The highest BCUT2D eigenvalue weighted by Gasteiger charge is 2.61. The van der Waals surface area contributed by atoms with Crippen molar-refractivity contribution < 1.29 is 28.7 Å². The van der Waals surface area contributed by atoms with Gasteiger partial charge in [0.15, 0.2) is 17.1 Å². The van der Waals surface area contributed by atoms with Crippen LogP contribution in [0.2, 0.25) is 0 Å². The number of aliphatic hydroxyl groups is 1. The number of morpholine rings is 1. The lowest BCUT2D eigenvalue weighted by Gasteiger charge is -2.46. The Labute approximate surface area is 157 Å². The van der Waals surface area contributed by atoms with Crippen molar-refractivity contribution in [2.45, 2.75) is 37.8 Å². The van der Waals surface area contributed by atoms with Crippen molar-refractivity contribution in [2.24, 2.45) is 5.92 Å². The minimum absolute atomic E-state index is 0.0657. The lowest BCUT2D eigenvalue weighted by atomic mass is 9.65. The molecule has 146 valence electrons. The number of carbonyl (C=O) groups excluding carboxylic acids is 2. The highest BCUT2D eigenvalue weighted by Crippen LogP contribution is 2.50. The highest BCUT2D eigenvalue weighted by molar-refractivity contribution is 6.23. The molecule has 4 rings (SSSR count). The number of unbranched alkanes of at least 4 members (excludes halogenated alkanes) is 1. The van der Waals surface area contributed by atoms with Crippen LogP contribution < -0.4 is 4.74 Å². The van der Waals surface area contributed by atoms with Gasteiger partial charge in [0.05, 0.1) is 25.9 Å². The van der Waals surface area contributed by atoms with E-state index in [4.69, 9.17) is 14.0 Å². The third-order valence-electron chi connectivity index (χ3n) is 5.66. The van der Waals surface area contributed by atoms with Crippen molar-refractivity contribution in [3.05, 3.63) is 23.5 Å². The van der Waals surface area contributed by atoms with E-state index in [2.05, 4.69) is 10.1 Å². The lowest BCUT2D eigenvalue weighted by Crippen LogP contribution is -2.61. The molecule has 1 fully saturated rings. The number of nitrogens with zero attached hydrogens (tertiary/aromatic N) is 2. The first-order chi connectivity index (χ1) is 13.1. The monoisotopic (exact) mass is 376 g/mol. The zero-order chi connectivity index (χ0) is 19.0. The summed E-state index contributed by atoms with van der Waals surface area (Å²) >= 11 is 0. The van der Waals surface area contributed by atoms with E-state index in [9.17, 15) is 14.7 Å². The largest absolute Gasteiger partial charge is 0.475 e. The summed E-state index contributed by atoms with van der Waals surface area (Å²) in [6.45, 7) is 4.75. The fourth-order valence-electron chi connectivity index (χ4n) is 4.20. The minimum Gasteiger partial charge on any atom is -0.475 e. The summed E-state index contributed by atoms with van der Waals surface area (Å²) in [7, 11) is 0. The van der Waals surface area contributed by atoms with Gasteiger partial charge in [-0.3, -0.25) is 14.5 Å². The molecule has 0 saturated carbocycles. The van der Waals surface area contributed by atoms with E-state index in [0.29, 0.717) is 45.1 Å². The van der Waals surface area contributed by atoms with Gasteiger partial charge in [0, 0.05) is 19.0 Å². The van der Waals surface area contributed by atoms with Crippen molar-refractivity contribution in [1.29, 1.82) is 0 Å². The molecule has 2 aliphatic carbocycles. The molecule has 1 aromatic heterocycles. The Balaban J connectivity index is 1.79. The van der Waals surface area contributed by atoms with Crippen molar-refractivity contribution in [2.75, 3.05) is 32.9 Å².